The zero-order valence-electron chi connectivity index (χ0n) is 14.1. The summed E-state index contributed by atoms with van der Waals surface area (Å²) in [6.07, 6.45) is 2.41. The van der Waals surface area contributed by atoms with E-state index in [2.05, 4.69) is 0 Å². The maximum absolute atomic E-state index is 13.0. The van der Waals surface area contributed by atoms with Crippen LogP contribution in [0.2, 0.25) is 0 Å². The number of amides is 1. The predicted octanol–water partition coefficient (Wildman–Crippen LogP) is 3.21. The molecule has 134 valence electrons. The summed E-state index contributed by atoms with van der Waals surface area (Å²) in [6, 6.07) is 16.0. The molecule has 1 fully saturated rings. The number of nitrogens with zero attached hydrogens (tertiary/aromatic N) is 1. The minimum atomic E-state index is -0.489. The second-order valence-corrected chi connectivity index (χ2v) is 6.57. The van der Waals surface area contributed by atoms with Crippen LogP contribution in [0.4, 0.5) is 4.39 Å². The van der Waals surface area contributed by atoms with Gasteiger partial charge in [0.2, 0.25) is 5.91 Å². The van der Waals surface area contributed by atoms with E-state index in [9.17, 15) is 9.18 Å². The Morgan fingerprint density at radius 1 is 1.12 bits per heavy atom. The quantitative estimate of drug-likeness (QED) is 0.887. The van der Waals surface area contributed by atoms with Gasteiger partial charge in [0.1, 0.15) is 5.82 Å². The Kier molecular flexibility index (Phi) is 6.97. The fourth-order valence-electron chi connectivity index (χ4n) is 3.34. The zero-order chi connectivity index (χ0) is 16.9. The van der Waals surface area contributed by atoms with Crippen LogP contribution in [-0.4, -0.2) is 29.9 Å². The molecule has 2 atom stereocenters. The zero-order valence-corrected chi connectivity index (χ0v) is 14.9. The average Bonchev–Trinajstić information content (AvgIpc) is 3.05. The maximum Gasteiger partial charge on any atom is 0.239 e. The van der Waals surface area contributed by atoms with Crippen LogP contribution in [0.15, 0.2) is 54.6 Å². The van der Waals surface area contributed by atoms with Crippen molar-refractivity contribution in [1.29, 1.82) is 0 Å². The SMILES string of the molecule is Cl.N[C@@H](Cc1ccccc1)C(=O)N1CCC(Cc2ccc(F)cc2)C1. The number of carbonyl (C=O) groups is 1. The van der Waals surface area contributed by atoms with Crippen molar-refractivity contribution in [3.8, 4) is 0 Å². The minimum absolute atomic E-state index is 0. The first-order chi connectivity index (χ1) is 11.6. The number of hydrogen-bond acceptors (Lipinski definition) is 2. The molecule has 0 aliphatic carbocycles. The van der Waals surface area contributed by atoms with Crippen molar-refractivity contribution >= 4 is 18.3 Å². The van der Waals surface area contributed by atoms with Crippen LogP contribution in [0.25, 0.3) is 0 Å². The highest BCUT2D eigenvalue weighted by molar-refractivity contribution is 5.85. The van der Waals surface area contributed by atoms with Crippen LogP contribution in [0.5, 0.6) is 0 Å². The summed E-state index contributed by atoms with van der Waals surface area (Å²) in [7, 11) is 0. The number of nitrogens with two attached hydrogens (primary N) is 1. The lowest BCUT2D eigenvalue weighted by Crippen LogP contribution is -2.44. The number of carbonyl (C=O) groups excluding carboxylic acids is 1. The molecule has 2 N–H and O–H groups in total. The van der Waals surface area contributed by atoms with Gasteiger partial charge in [-0.15, -0.1) is 12.4 Å². The van der Waals surface area contributed by atoms with E-state index in [0.29, 0.717) is 12.3 Å². The van der Waals surface area contributed by atoms with E-state index in [4.69, 9.17) is 5.73 Å². The fraction of sp³-hybridized carbons (Fsp3) is 0.350. The van der Waals surface area contributed by atoms with E-state index >= 15 is 0 Å². The summed E-state index contributed by atoms with van der Waals surface area (Å²) in [5, 5.41) is 0. The Balaban J connectivity index is 0.00000225. The minimum Gasteiger partial charge on any atom is -0.341 e. The Hall–Kier alpha value is -1.91. The summed E-state index contributed by atoms with van der Waals surface area (Å²) >= 11 is 0. The van der Waals surface area contributed by atoms with Gasteiger partial charge in [0.15, 0.2) is 0 Å². The largest absolute Gasteiger partial charge is 0.341 e. The van der Waals surface area contributed by atoms with Gasteiger partial charge in [-0.05, 0) is 48.4 Å². The number of benzene rings is 2. The van der Waals surface area contributed by atoms with E-state index in [0.717, 1.165) is 37.1 Å². The van der Waals surface area contributed by atoms with Gasteiger partial charge in [-0.1, -0.05) is 42.5 Å². The molecule has 1 heterocycles. The molecule has 3 rings (SSSR count). The van der Waals surface area contributed by atoms with Crippen molar-refractivity contribution in [3.63, 3.8) is 0 Å². The molecule has 5 heteroatoms. The highest BCUT2D eigenvalue weighted by Gasteiger charge is 2.29. The molecule has 0 spiro atoms. The lowest BCUT2D eigenvalue weighted by Gasteiger charge is -2.21. The molecule has 0 bridgehead atoms. The van der Waals surface area contributed by atoms with E-state index < -0.39 is 6.04 Å². The van der Waals surface area contributed by atoms with Crippen LogP contribution in [0.1, 0.15) is 17.5 Å². The maximum atomic E-state index is 13.0. The van der Waals surface area contributed by atoms with Crippen LogP contribution in [0, 0.1) is 11.7 Å². The Bertz CT molecular complexity index is 678. The molecule has 1 aliphatic heterocycles. The molecule has 1 aliphatic rings. The third kappa shape index (κ3) is 5.28. The molecule has 25 heavy (non-hydrogen) atoms. The summed E-state index contributed by atoms with van der Waals surface area (Å²) in [5.41, 5.74) is 8.31. The van der Waals surface area contributed by atoms with Gasteiger partial charge >= 0.3 is 0 Å². The Labute approximate surface area is 154 Å². The van der Waals surface area contributed by atoms with Crippen molar-refractivity contribution in [2.45, 2.75) is 25.3 Å². The first-order valence-electron chi connectivity index (χ1n) is 8.44. The molecule has 1 amide bonds. The van der Waals surface area contributed by atoms with Crippen molar-refractivity contribution in [2.75, 3.05) is 13.1 Å². The van der Waals surface area contributed by atoms with Crippen LogP contribution >= 0.6 is 12.4 Å². The van der Waals surface area contributed by atoms with E-state index in [1.807, 2.05) is 47.4 Å². The topological polar surface area (TPSA) is 46.3 Å². The molecule has 2 aromatic carbocycles. The molecule has 1 unspecified atom stereocenters. The van der Waals surface area contributed by atoms with E-state index in [-0.39, 0.29) is 24.1 Å². The normalized spacial score (nSPS) is 17.8. The smallest absolute Gasteiger partial charge is 0.239 e. The van der Waals surface area contributed by atoms with Crippen molar-refractivity contribution in [3.05, 3.63) is 71.5 Å². The molecular weight excluding hydrogens is 339 g/mol. The summed E-state index contributed by atoms with van der Waals surface area (Å²) in [6.45, 7) is 1.49. The van der Waals surface area contributed by atoms with Gasteiger partial charge in [0.05, 0.1) is 6.04 Å². The monoisotopic (exact) mass is 362 g/mol. The van der Waals surface area contributed by atoms with Crippen molar-refractivity contribution < 1.29 is 9.18 Å². The van der Waals surface area contributed by atoms with Gasteiger partial charge in [0.25, 0.3) is 0 Å². The first kappa shape index (κ1) is 19.4. The molecule has 0 saturated carbocycles. The molecule has 0 aromatic heterocycles. The summed E-state index contributed by atoms with van der Waals surface area (Å²) in [4.78, 5) is 14.4. The molecule has 3 nitrogen and oxygen atoms in total. The predicted molar refractivity (Wildman–Crippen MR) is 100 cm³/mol. The first-order valence-corrected chi connectivity index (χ1v) is 8.44. The Morgan fingerprint density at radius 3 is 2.48 bits per heavy atom. The van der Waals surface area contributed by atoms with E-state index in [1.54, 1.807) is 0 Å². The third-order valence-corrected chi connectivity index (χ3v) is 4.65. The van der Waals surface area contributed by atoms with E-state index in [1.165, 1.54) is 12.1 Å². The second kappa shape index (κ2) is 8.97. The van der Waals surface area contributed by atoms with Gasteiger partial charge in [0, 0.05) is 13.1 Å². The number of likely N-dealkylation sites (tertiary alicyclic amines) is 1. The van der Waals surface area contributed by atoms with Gasteiger partial charge < -0.3 is 10.6 Å². The highest BCUT2D eigenvalue weighted by atomic mass is 35.5. The highest BCUT2D eigenvalue weighted by Crippen LogP contribution is 2.22. The third-order valence-electron chi connectivity index (χ3n) is 4.65. The second-order valence-electron chi connectivity index (χ2n) is 6.57. The molecule has 0 radical (unpaired) electrons. The molecule has 2 aromatic rings. The van der Waals surface area contributed by atoms with Crippen LogP contribution in [0.3, 0.4) is 0 Å². The van der Waals surface area contributed by atoms with Crippen LogP contribution < -0.4 is 5.73 Å². The number of halogens is 2. The number of rotatable bonds is 5. The summed E-state index contributed by atoms with van der Waals surface area (Å²) < 4.78 is 13.0. The standard InChI is InChI=1S/C20H23FN2O.ClH/c21-18-8-6-16(7-9-18)12-17-10-11-23(14-17)20(24)19(22)13-15-4-2-1-3-5-15;/h1-9,17,19H,10-14,22H2;1H/t17?,19-;/m0./s1. The summed E-state index contributed by atoms with van der Waals surface area (Å²) in [5.74, 6) is 0.234. The lowest BCUT2D eigenvalue weighted by molar-refractivity contribution is -0.131. The number of hydrogen-bond donors (Lipinski definition) is 1. The Morgan fingerprint density at radius 2 is 1.80 bits per heavy atom. The molecule has 1 saturated heterocycles. The molecular formula is C20H24ClFN2O. The van der Waals surface area contributed by atoms with Crippen molar-refractivity contribution in [2.24, 2.45) is 11.7 Å². The van der Waals surface area contributed by atoms with Gasteiger partial charge in [-0.25, -0.2) is 4.39 Å². The van der Waals surface area contributed by atoms with Crippen molar-refractivity contribution in [1.82, 2.24) is 4.90 Å². The fourth-order valence-corrected chi connectivity index (χ4v) is 3.34. The average molecular weight is 363 g/mol. The van der Waals surface area contributed by atoms with Gasteiger partial charge in [-0.2, -0.15) is 0 Å². The lowest BCUT2D eigenvalue weighted by atomic mass is 9.99. The van der Waals surface area contributed by atoms with Crippen LogP contribution in [-0.2, 0) is 17.6 Å². The van der Waals surface area contributed by atoms with Gasteiger partial charge in [-0.3, -0.25) is 4.79 Å².